The van der Waals surface area contributed by atoms with Crippen LogP contribution in [0.5, 0.6) is 0 Å². The molecule has 0 unspecified atom stereocenters. The third-order valence-electron chi connectivity index (χ3n) is 5.64. The number of aryl methyl sites for hydroxylation is 2. The van der Waals surface area contributed by atoms with Crippen LogP contribution in [0.3, 0.4) is 0 Å². The molecule has 1 saturated carbocycles. The fraction of sp³-hybridized carbons (Fsp3) is 0.391. The number of hydrogen-bond donors (Lipinski definition) is 1. The quantitative estimate of drug-likeness (QED) is 0.635. The topological polar surface area (TPSA) is 57.8 Å². The molecular formula is C23H27N3O. The minimum atomic E-state index is -0.263. The summed E-state index contributed by atoms with van der Waals surface area (Å²) < 4.78 is 2.19. The molecule has 0 radical (unpaired) electrons. The van der Waals surface area contributed by atoms with E-state index < -0.39 is 0 Å². The van der Waals surface area contributed by atoms with Crippen molar-refractivity contribution in [1.82, 2.24) is 9.88 Å². The Morgan fingerprint density at radius 2 is 1.93 bits per heavy atom. The van der Waals surface area contributed by atoms with Crippen LogP contribution in [0.2, 0.25) is 0 Å². The molecule has 1 aliphatic carbocycles. The van der Waals surface area contributed by atoms with Crippen LogP contribution in [0.1, 0.15) is 53.8 Å². The number of aromatic nitrogens is 1. The standard InChI is InChI=1S/C23H27N3O/c1-15-8-7-11-22(17(15)3)26-16(2)12-19(18(26)4)13-20(14-24)23(27)25-21-9-5-6-10-21/h7-8,11-13,21H,5-6,9-10H2,1-4H3,(H,25,27)/b20-13-. The maximum absolute atomic E-state index is 12.5. The lowest BCUT2D eigenvalue weighted by Crippen LogP contribution is -2.33. The first kappa shape index (κ1) is 19.0. The van der Waals surface area contributed by atoms with E-state index in [-0.39, 0.29) is 17.5 Å². The molecule has 140 valence electrons. The second kappa shape index (κ2) is 7.84. The van der Waals surface area contributed by atoms with Gasteiger partial charge in [-0.3, -0.25) is 4.79 Å². The molecular weight excluding hydrogens is 334 g/mol. The first-order valence-electron chi connectivity index (χ1n) is 9.60. The van der Waals surface area contributed by atoms with Crippen molar-refractivity contribution in [3.05, 3.63) is 57.9 Å². The van der Waals surface area contributed by atoms with Gasteiger partial charge in [0.25, 0.3) is 5.91 Å². The zero-order chi connectivity index (χ0) is 19.6. The number of hydrogen-bond acceptors (Lipinski definition) is 2. The van der Waals surface area contributed by atoms with Gasteiger partial charge in [-0.05, 0) is 75.4 Å². The van der Waals surface area contributed by atoms with Gasteiger partial charge in [0.2, 0.25) is 0 Å². The van der Waals surface area contributed by atoms with Crippen molar-refractivity contribution >= 4 is 12.0 Å². The molecule has 1 fully saturated rings. The fourth-order valence-corrected chi connectivity index (χ4v) is 3.92. The van der Waals surface area contributed by atoms with Crippen LogP contribution in [0.4, 0.5) is 0 Å². The Kier molecular flexibility index (Phi) is 5.51. The first-order chi connectivity index (χ1) is 12.9. The summed E-state index contributed by atoms with van der Waals surface area (Å²) in [6.45, 7) is 8.31. The molecule has 0 bridgehead atoms. The van der Waals surface area contributed by atoms with E-state index >= 15 is 0 Å². The van der Waals surface area contributed by atoms with Crippen molar-refractivity contribution in [2.75, 3.05) is 0 Å². The summed E-state index contributed by atoms with van der Waals surface area (Å²) in [6, 6.07) is 10.6. The maximum Gasteiger partial charge on any atom is 0.262 e. The zero-order valence-corrected chi connectivity index (χ0v) is 16.6. The van der Waals surface area contributed by atoms with Crippen molar-refractivity contribution in [3.63, 3.8) is 0 Å². The van der Waals surface area contributed by atoms with Gasteiger partial charge < -0.3 is 9.88 Å². The molecule has 0 saturated heterocycles. The largest absolute Gasteiger partial charge is 0.349 e. The number of benzene rings is 1. The zero-order valence-electron chi connectivity index (χ0n) is 16.6. The Morgan fingerprint density at radius 3 is 2.59 bits per heavy atom. The van der Waals surface area contributed by atoms with Gasteiger partial charge in [-0.2, -0.15) is 5.26 Å². The van der Waals surface area contributed by atoms with Gasteiger partial charge in [0.15, 0.2) is 0 Å². The molecule has 27 heavy (non-hydrogen) atoms. The molecule has 1 heterocycles. The molecule has 0 atom stereocenters. The third kappa shape index (κ3) is 3.83. The summed E-state index contributed by atoms with van der Waals surface area (Å²) in [7, 11) is 0. The highest BCUT2D eigenvalue weighted by Gasteiger charge is 2.20. The van der Waals surface area contributed by atoms with E-state index in [1.807, 2.05) is 13.0 Å². The van der Waals surface area contributed by atoms with Crippen molar-refractivity contribution in [1.29, 1.82) is 5.26 Å². The summed E-state index contributed by atoms with van der Waals surface area (Å²) in [5.41, 5.74) is 6.80. The molecule has 1 N–H and O–H groups in total. The second-order valence-electron chi connectivity index (χ2n) is 7.51. The molecule has 2 aromatic rings. The van der Waals surface area contributed by atoms with Crippen LogP contribution in [-0.2, 0) is 4.79 Å². The highest BCUT2D eigenvalue weighted by molar-refractivity contribution is 6.02. The van der Waals surface area contributed by atoms with Gasteiger partial charge in [-0.1, -0.05) is 25.0 Å². The Hall–Kier alpha value is -2.80. The molecule has 0 aliphatic heterocycles. The van der Waals surface area contributed by atoms with Crippen LogP contribution >= 0.6 is 0 Å². The SMILES string of the molecule is Cc1cccc(-n2c(C)cc(/C=C(/C#N)C(=O)NC3CCCC3)c2C)c1C. The Morgan fingerprint density at radius 1 is 1.22 bits per heavy atom. The number of rotatable bonds is 4. The van der Waals surface area contributed by atoms with E-state index in [1.165, 1.54) is 11.1 Å². The summed E-state index contributed by atoms with van der Waals surface area (Å²) in [4.78, 5) is 12.5. The lowest BCUT2D eigenvalue weighted by molar-refractivity contribution is -0.117. The molecule has 4 heteroatoms. The molecule has 4 nitrogen and oxygen atoms in total. The predicted molar refractivity (Wildman–Crippen MR) is 109 cm³/mol. The third-order valence-corrected chi connectivity index (χ3v) is 5.64. The summed E-state index contributed by atoms with van der Waals surface area (Å²) in [6.07, 6.45) is 6.02. The van der Waals surface area contributed by atoms with Gasteiger partial charge in [0.05, 0.1) is 0 Å². The van der Waals surface area contributed by atoms with Gasteiger partial charge in [0.1, 0.15) is 11.6 Å². The monoisotopic (exact) mass is 361 g/mol. The van der Waals surface area contributed by atoms with Gasteiger partial charge in [-0.25, -0.2) is 0 Å². The van der Waals surface area contributed by atoms with Crippen molar-refractivity contribution < 1.29 is 4.79 Å². The predicted octanol–water partition coefficient (Wildman–Crippen LogP) is 4.68. The smallest absolute Gasteiger partial charge is 0.262 e. The molecule has 0 spiro atoms. The van der Waals surface area contributed by atoms with Gasteiger partial charge in [0, 0.05) is 23.1 Å². The summed E-state index contributed by atoms with van der Waals surface area (Å²) >= 11 is 0. The number of nitrogens with zero attached hydrogens (tertiary/aromatic N) is 2. The number of amides is 1. The van der Waals surface area contributed by atoms with E-state index in [1.54, 1.807) is 6.08 Å². The fourth-order valence-electron chi connectivity index (χ4n) is 3.92. The summed E-state index contributed by atoms with van der Waals surface area (Å²) in [5.74, 6) is -0.263. The second-order valence-corrected chi connectivity index (χ2v) is 7.51. The highest BCUT2D eigenvalue weighted by atomic mass is 16.1. The number of carbonyl (C=O) groups is 1. The highest BCUT2D eigenvalue weighted by Crippen LogP contribution is 2.26. The minimum absolute atomic E-state index is 0.170. The van der Waals surface area contributed by atoms with Gasteiger partial charge >= 0.3 is 0 Å². The molecule has 1 amide bonds. The van der Waals surface area contributed by atoms with Crippen LogP contribution < -0.4 is 5.32 Å². The Bertz CT molecular complexity index is 937. The van der Waals surface area contributed by atoms with Crippen LogP contribution in [-0.4, -0.2) is 16.5 Å². The molecule has 3 rings (SSSR count). The van der Waals surface area contributed by atoms with E-state index in [2.05, 4.69) is 54.9 Å². The maximum atomic E-state index is 12.5. The summed E-state index contributed by atoms with van der Waals surface area (Å²) in [5, 5.41) is 12.5. The Balaban J connectivity index is 1.95. The molecule has 1 aliphatic rings. The number of carbonyl (C=O) groups excluding carboxylic acids is 1. The van der Waals surface area contributed by atoms with Crippen LogP contribution in [0.15, 0.2) is 29.8 Å². The van der Waals surface area contributed by atoms with E-state index in [4.69, 9.17) is 0 Å². The minimum Gasteiger partial charge on any atom is -0.349 e. The van der Waals surface area contributed by atoms with Crippen molar-refractivity contribution in [3.8, 4) is 11.8 Å². The van der Waals surface area contributed by atoms with Crippen molar-refractivity contribution in [2.45, 2.75) is 59.4 Å². The van der Waals surface area contributed by atoms with E-state index in [0.717, 1.165) is 48.3 Å². The van der Waals surface area contributed by atoms with Crippen LogP contribution in [0, 0.1) is 39.0 Å². The average molecular weight is 361 g/mol. The van der Waals surface area contributed by atoms with Crippen molar-refractivity contribution in [2.24, 2.45) is 0 Å². The lowest BCUT2D eigenvalue weighted by Gasteiger charge is -2.14. The van der Waals surface area contributed by atoms with Crippen LogP contribution in [0.25, 0.3) is 11.8 Å². The first-order valence-corrected chi connectivity index (χ1v) is 9.60. The number of nitrogens with one attached hydrogen (secondary N) is 1. The average Bonchev–Trinajstić information content (AvgIpc) is 3.23. The molecule has 1 aromatic heterocycles. The molecule has 1 aromatic carbocycles. The van der Waals surface area contributed by atoms with E-state index in [0.29, 0.717) is 0 Å². The lowest BCUT2D eigenvalue weighted by atomic mass is 10.1. The normalized spacial score (nSPS) is 15.0. The Labute approximate surface area is 161 Å². The van der Waals surface area contributed by atoms with E-state index in [9.17, 15) is 10.1 Å². The van der Waals surface area contributed by atoms with Gasteiger partial charge in [-0.15, -0.1) is 0 Å². The number of nitriles is 1.